The standard InChI is InChI=1S/C13H20N2S/c1-2-6-11-10(5-1)15-8-14-9-4-3-7-12(16-11)13(9)15/h8-13H,1-7H2. The second kappa shape index (κ2) is 3.66. The quantitative estimate of drug-likeness (QED) is 0.642. The number of aliphatic imine (C=N–C) groups is 1. The maximum atomic E-state index is 4.78. The van der Waals surface area contributed by atoms with Crippen LogP contribution < -0.4 is 0 Å². The third kappa shape index (κ3) is 1.30. The van der Waals surface area contributed by atoms with E-state index >= 15 is 0 Å². The summed E-state index contributed by atoms with van der Waals surface area (Å²) < 4.78 is 0. The molecule has 2 aliphatic heterocycles. The van der Waals surface area contributed by atoms with E-state index in [9.17, 15) is 0 Å². The zero-order valence-electron chi connectivity index (χ0n) is 9.72. The second-order valence-corrected chi connectivity index (χ2v) is 7.25. The first-order chi connectivity index (χ1) is 7.93. The van der Waals surface area contributed by atoms with Crippen molar-refractivity contribution in [2.24, 2.45) is 4.99 Å². The Morgan fingerprint density at radius 2 is 1.88 bits per heavy atom. The normalized spacial score (nSPS) is 50.0. The van der Waals surface area contributed by atoms with Crippen LogP contribution in [0.4, 0.5) is 0 Å². The summed E-state index contributed by atoms with van der Waals surface area (Å²) in [6.07, 6.45) is 12.2. The van der Waals surface area contributed by atoms with Crippen LogP contribution in [0, 0.1) is 0 Å². The highest BCUT2D eigenvalue weighted by atomic mass is 32.2. The molecule has 3 fully saturated rings. The molecule has 0 aromatic rings. The van der Waals surface area contributed by atoms with Gasteiger partial charge < -0.3 is 4.90 Å². The van der Waals surface area contributed by atoms with Gasteiger partial charge in [0, 0.05) is 16.5 Å². The van der Waals surface area contributed by atoms with E-state index in [2.05, 4.69) is 23.0 Å². The summed E-state index contributed by atoms with van der Waals surface area (Å²) in [6.45, 7) is 0. The number of hydrogen-bond acceptors (Lipinski definition) is 3. The van der Waals surface area contributed by atoms with Gasteiger partial charge in [0.25, 0.3) is 0 Å². The van der Waals surface area contributed by atoms with E-state index in [1.54, 1.807) is 0 Å². The summed E-state index contributed by atoms with van der Waals surface area (Å²) in [5.41, 5.74) is 0. The van der Waals surface area contributed by atoms with Crippen molar-refractivity contribution in [1.29, 1.82) is 0 Å². The van der Waals surface area contributed by atoms with Crippen molar-refractivity contribution in [3.63, 3.8) is 0 Å². The van der Waals surface area contributed by atoms with Gasteiger partial charge >= 0.3 is 0 Å². The Morgan fingerprint density at radius 3 is 2.88 bits per heavy atom. The lowest BCUT2D eigenvalue weighted by Crippen LogP contribution is -2.58. The van der Waals surface area contributed by atoms with Crippen molar-refractivity contribution < 1.29 is 0 Å². The van der Waals surface area contributed by atoms with Crippen LogP contribution in [0.2, 0.25) is 0 Å². The highest BCUT2D eigenvalue weighted by Crippen LogP contribution is 2.47. The molecule has 0 spiro atoms. The zero-order chi connectivity index (χ0) is 10.5. The third-order valence-electron chi connectivity index (χ3n) is 4.90. The fourth-order valence-electron chi connectivity index (χ4n) is 4.17. The summed E-state index contributed by atoms with van der Waals surface area (Å²) in [6, 6.07) is 2.25. The summed E-state index contributed by atoms with van der Waals surface area (Å²) in [5.74, 6) is 0. The van der Waals surface area contributed by atoms with E-state index in [0.717, 1.165) is 22.6 Å². The van der Waals surface area contributed by atoms with E-state index in [1.807, 2.05) is 0 Å². The molecule has 2 nitrogen and oxygen atoms in total. The van der Waals surface area contributed by atoms with E-state index < -0.39 is 0 Å². The molecule has 2 saturated carbocycles. The molecule has 0 N–H and O–H groups in total. The molecule has 5 atom stereocenters. The molecular weight excluding hydrogens is 216 g/mol. The van der Waals surface area contributed by atoms with E-state index in [1.165, 1.54) is 44.9 Å². The molecule has 0 aromatic carbocycles. The number of nitrogens with zero attached hydrogens (tertiary/aromatic N) is 2. The molecule has 4 rings (SSSR count). The number of hydrogen-bond donors (Lipinski definition) is 0. The van der Waals surface area contributed by atoms with E-state index in [4.69, 9.17) is 4.99 Å². The minimum Gasteiger partial charge on any atom is -0.353 e. The Balaban J connectivity index is 1.65. The number of thioether (sulfide) groups is 1. The van der Waals surface area contributed by atoms with Crippen LogP contribution >= 0.6 is 11.8 Å². The maximum absolute atomic E-state index is 4.78. The molecule has 5 unspecified atom stereocenters. The Labute approximate surface area is 102 Å². The van der Waals surface area contributed by atoms with Crippen LogP contribution in [0.1, 0.15) is 44.9 Å². The fraction of sp³-hybridized carbons (Fsp3) is 0.923. The molecule has 0 radical (unpaired) electrons. The first-order valence-electron chi connectivity index (χ1n) is 6.90. The highest BCUT2D eigenvalue weighted by molar-refractivity contribution is 8.00. The minimum atomic E-state index is 0.647. The van der Waals surface area contributed by atoms with Crippen molar-refractivity contribution in [1.82, 2.24) is 4.90 Å². The molecule has 0 aromatic heterocycles. The van der Waals surface area contributed by atoms with Gasteiger partial charge in [-0.3, -0.25) is 4.99 Å². The monoisotopic (exact) mass is 236 g/mol. The van der Waals surface area contributed by atoms with Crippen LogP contribution in [0.3, 0.4) is 0 Å². The summed E-state index contributed by atoms with van der Waals surface area (Å²) in [4.78, 5) is 7.45. The first-order valence-corrected chi connectivity index (χ1v) is 7.84. The predicted molar refractivity (Wildman–Crippen MR) is 69.2 cm³/mol. The predicted octanol–water partition coefficient (Wildman–Crippen LogP) is 2.68. The molecule has 2 aliphatic carbocycles. The minimum absolute atomic E-state index is 0.647. The van der Waals surface area contributed by atoms with Crippen LogP contribution in [0.15, 0.2) is 4.99 Å². The lowest BCUT2D eigenvalue weighted by atomic mass is 9.86. The molecule has 1 saturated heterocycles. The van der Waals surface area contributed by atoms with Gasteiger partial charge in [-0.25, -0.2) is 0 Å². The second-order valence-electron chi connectivity index (χ2n) is 5.77. The van der Waals surface area contributed by atoms with Crippen molar-refractivity contribution >= 4 is 18.1 Å². The van der Waals surface area contributed by atoms with E-state index in [0.29, 0.717) is 6.04 Å². The molecule has 4 aliphatic rings. The van der Waals surface area contributed by atoms with Crippen molar-refractivity contribution in [3.05, 3.63) is 0 Å². The Hall–Kier alpha value is -0.180. The number of fused-ring (bicyclic) bond motifs is 2. The summed E-state index contributed by atoms with van der Waals surface area (Å²) in [7, 11) is 0. The van der Waals surface area contributed by atoms with Crippen molar-refractivity contribution in [2.45, 2.75) is 73.6 Å². The average Bonchev–Trinajstić information content (AvgIpc) is 2.76. The van der Waals surface area contributed by atoms with Crippen LogP contribution in [-0.4, -0.2) is 39.9 Å². The molecule has 3 heteroatoms. The molecule has 88 valence electrons. The molecule has 0 bridgehead atoms. The molecular formula is C13H20N2S. The Bertz CT molecular complexity index is 317. The first kappa shape index (κ1) is 9.81. The molecule has 2 heterocycles. The summed E-state index contributed by atoms with van der Waals surface area (Å²) >= 11 is 2.33. The lowest BCUT2D eigenvalue weighted by Gasteiger charge is -2.51. The van der Waals surface area contributed by atoms with Crippen molar-refractivity contribution in [3.8, 4) is 0 Å². The molecule has 0 amide bonds. The smallest absolute Gasteiger partial charge is 0.0860 e. The SMILES string of the molecule is C1=NC2CCCC3SC4CCCCC4N1C23. The molecule has 16 heavy (non-hydrogen) atoms. The van der Waals surface area contributed by atoms with Crippen molar-refractivity contribution in [2.75, 3.05) is 0 Å². The lowest BCUT2D eigenvalue weighted by molar-refractivity contribution is 0.163. The van der Waals surface area contributed by atoms with E-state index in [-0.39, 0.29) is 0 Å². The van der Waals surface area contributed by atoms with Crippen LogP contribution in [0.25, 0.3) is 0 Å². The largest absolute Gasteiger partial charge is 0.353 e. The highest BCUT2D eigenvalue weighted by Gasteiger charge is 2.49. The topological polar surface area (TPSA) is 15.6 Å². The third-order valence-corrected chi connectivity index (χ3v) is 6.66. The van der Waals surface area contributed by atoms with Gasteiger partial charge in [0.2, 0.25) is 0 Å². The van der Waals surface area contributed by atoms with Gasteiger partial charge in [-0.05, 0) is 25.7 Å². The van der Waals surface area contributed by atoms with Gasteiger partial charge in [0.05, 0.1) is 18.4 Å². The van der Waals surface area contributed by atoms with Gasteiger partial charge in [-0.15, -0.1) is 0 Å². The van der Waals surface area contributed by atoms with Crippen LogP contribution in [-0.2, 0) is 0 Å². The number of rotatable bonds is 0. The summed E-state index contributed by atoms with van der Waals surface area (Å²) in [5, 5.41) is 1.80. The Kier molecular flexibility index (Phi) is 2.24. The zero-order valence-corrected chi connectivity index (χ0v) is 10.5. The average molecular weight is 236 g/mol. The van der Waals surface area contributed by atoms with Crippen LogP contribution in [0.5, 0.6) is 0 Å². The maximum Gasteiger partial charge on any atom is 0.0860 e. The van der Waals surface area contributed by atoms with Gasteiger partial charge in [0.15, 0.2) is 0 Å². The van der Waals surface area contributed by atoms with Gasteiger partial charge in [0.1, 0.15) is 0 Å². The van der Waals surface area contributed by atoms with Gasteiger partial charge in [-0.1, -0.05) is 19.3 Å². The van der Waals surface area contributed by atoms with Gasteiger partial charge in [-0.2, -0.15) is 11.8 Å². The Morgan fingerprint density at radius 1 is 1.00 bits per heavy atom. The fourth-order valence-corrected chi connectivity index (χ4v) is 6.16.